The van der Waals surface area contributed by atoms with Gasteiger partial charge in [0.05, 0.1) is 0 Å². The zero-order valence-corrected chi connectivity index (χ0v) is 12.7. The van der Waals surface area contributed by atoms with E-state index in [1.54, 1.807) is 6.07 Å². The van der Waals surface area contributed by atoms with Crippen LogP contribution in [0.4, 0.5) is 4.39 Å². The summed E-state index contributed by atoms with van der Waals surface area (Å²) in [6.07, 6.45) is 0. The van der Waals surface area contributed by atoms with E-state index in [9.17, 15) is 21.2 Å². The third-order valence-corrected chi connectivity index (χ3v) is 6.80. The van der Waals surface area contributed by atoms with Crippen LogP contribution in [0.5, 0.6) is 5.75 Å². The van der Waals surface area contributed by atoms with Gasteiger partial charge in [-0.15, -0.1) is 0 Å². The molecule has 9 heteroatoms. The van der Waals surface area contributed by atoms with Gasteiger partial charge >= 0.3 is 10.1 Å². The Balaban J connectivity index is 3.27. The first kappa shape index (κ1) is 16.9. The molecule has 0 saturated heterocycles. The fraction of sp³-hybridized carbons (Fsp3) is 0.455. The molecule has 114 valence electrons. The molecule has 1 rings (SSSR count). The van der Waals surface area contributed by atoms with E-state index >= 15 is 0 Å². The Kier molecular flexibility index (Phi) is 4.19. The summed E-state index contributed by atoms with van der Waals surface area (Å²) in [5.41, 5.74) is 0. The topological polar surface area (TPSA) is 97.7 Å². The van der Waals surface area contributed by atoms with Gasteiger partial charge in [0.1, 0.15) is 10.5 Å². The van der Waals surface area contributed by atoms with Crippen LogP contribution in [0.2, 0.25) is 0 Å². The van der Waals surface area contributed by atoms with E-state index < -0.39 is 30.0 Å². The van der Waals surface area contributed by atoms with E-state index in [0.717, 1.165) is 13.8 Å². The Bertz CT molecular complexity index is 677. The maximum atomic E-state index is 14.6. The highest BCUT2D eigenvalue weighted by Gasteiger charge is 2.61. The first-order chi connectivity index (χ1) is 8.83. The largest absolute Gasteiger partial charge is 0.380 e. The molecular formula is C11H15FO6S2. The lowest BCUT2D eigenvalue weighted by Gasteiger charge is -2.33. The third-order valence-electron chi connectivity index (χ3n) is 3.14. The molecule has 1 atom stereocenters. The Hall–Kier alpha value is -1.19. The number of rotatable bonds is 5. The molecule has 1 aromatic carbocycles. The highest BCUT2D eigenvalue weighted by molar-refractivity contribution is 7.92. The van der Waals surface area contributed by atoms with Gasteiger partial charge in [0.25, 0.3) is 15.1 Å². The Labute approximate surface area is 117 Å². The Morgan fingerprint density at radius 2 is 1.50 bits per heavy atom. The standard InChI is InChI=1S/C11H15FO6S2/c1-10(2,19(13,14)15)11(3,12)20(16,17)18-9-7-5-4-6-8-9/h4-8H,1-3H3,(H,13,14,15). The fourth-order valence-corrected chi connectivity index (χ4v) is 3.42. The Morgan fingerprint density at radius 1 is 1.05 bits per heavy atom. The molecule has 6 nitrogen and oxygen atoms in total. The summed E-state index contributed by atoms with van der Waals surface area (Å²) in [4.78, 5) is 0. The van der Waals surface area contributed by atoms with Gasteiger partial charge in [0.15, 0.2) is 0 Å². The maximum Gasteiger partial charge on any atom is 0.346 e. The first-order valence-corrected chi connectivity index (χ1v) is 8.33. The van der Waals surface area contributed by atoms with Crippen molar-refractivity contribution in [3.63, 3.8) is 0 Å². The van der Waals surface area contributed by atoms with E-state index in [0.29, 0.717) is 6.92 Å². The molecule has 0 bridgehead atoms. The quantitative estimate of drug-likeness (QED) is 0.654. The monoisotopic (exact) mass is 326 g/mol. The van der Waals surface area contributed by atoms with Crippen LogP contribution in [0, 0.1) is 0 Å². The van der Waals surface area contributed by atoms with Crippen LogP contribution in [0.1, 0.15) is 20.8 Å². The fourth-order valence-electron chi connectivity index (χ4n) is 1.21. The van der Waals surface area contributed by atoms with Crippen molar-refractivity contribution in [3.05, 3.63) is 30.3 Å². The van der Waals surface area contributed by atoms with Gasteiger partial charge < -0.3 is 4.18 Å². The number of hydrogen-bond donors (Lipinski definition) is 1. The average molecular weight is 326 g/mol. The average Bonchev–Trinajstić information content (AvgIpc) is 2.27. The lowest BCUT2D eigenvalue weighted by molar-refractivity contribution is 0.208. The molecule has 0 aliphatic carbocycles. The predicted molar refractivity (Wildman–Crippen MR) is 71.1 cm³/mol. The molecule has 0 saturated carbocycles. The number of hydrogen-bond acceptors (Lipinski definition) is 5. The lowest BCUT2D eigenvalue weighted by atomic mass is 10.1. The molecule has 0 spiro atoms. The molecule has 0 amide bonds. The summed E-state index contributed by atoms with van der Waals surface area (Å²) < 4.78 is 71.8. The second-order valence-corrected chi connectivity index (χ2v) is 8.57. The van der Waals surface area contributed by atoms with Crippen molar-refractivity contribution >= 4 is 20.2 Å². The second-order valence-electron chi connectivity index (χ2n) is 4.75. The molecule has 1 N–H and O–H groups in total. The van der Waals surface area contributed by atoms with Crippen molar-refractivity contribution in [2.24, 2.45) is 0 Å². The van der Waals surface area contributed by atoms with Gasteiger partial charge in [-0.1, -0.05) is 18.2 Å². The normalized spacial score (nSPS) is 16.4. The van der Waals surface area contributed by atoms with Gasteiger partial charge in [-0.2, -0.15) is 16.8 Å². The van der Waals surface area contributed by atoms with Gasteiger partial charge in [0.2, 0.25) is 0 Å². The summed E-state index contributed by atoms with van der Waals surface area (Å²) in [5.74, 6) is -0.164. The lowest BCUT2D eigenvalue weighted by Crippen LogP contribution is -2.55. The molecule has 20 heavy (non-hydrogen) atoms. The van der Waals surface area contributed by atoms with Crippen molar-refractivity contribution in [2.45, 2.75) is 30.5 Å². The summed E-state index contributed by atoms with van der Waals surface area (Å²) in [6, 6.07) is 7.07. The summed E-state index contributed by atoms with van der Waals surface area (Å²) in [6.45, 7) is 2.04. The molecule has 0 aromatic heterocycles. The molecule has 0 heterocycles. The minimum absolute atomic E-state index is 0.164. The van der Waals surface area contributed by atoms with Crippen molar-refractivity contribution in [2.75, 3.05) is 0 Å². The molecule has 0 radical (unpaired) electrons. The second kappa shape index (κ2) is 4.97. The first-order valence-electron chi connectivity index (χ1n) is 5.48. The van der Waals surface area contributed by atoms with Crippen molar-refractivity contribution in [1.29, 1.82) is 0 Å². The van der Waals surface area contributed by atoms with Crippen LogP contribution in [0.25, 0.3) is 0 Å². The summed E-state index contributed by atoms with van der Waals surface area (Å²) >= 11 is 0. The Morgan fingerprint density at radius 3 is 1.90 bits per heavy atom. The third kappa shape index (κ3) is 2.79. The molecule has 1 unspecified atom stereocenters. The number of alkyl halides is 1. The van der Waals surface area contributed by atoms with Crippen LogP contribution in [0.3, 0.4) is 0 Å². The smallest absolute Gasteiger partial charge is 0.346 e. The van der Waals surface area contributed by atoms with Crippen LogP contribution >= 0.6 is 0 Å². The van der Waals surface area contributed by atoms with Crippen molar-refractivity contribution in [3.8, 4) is 5.75 Å². The number of benzene rings is 1. The zero-order chi connectivity index (χ0) is 15.8. The van der Waals surface area contributed by atoms with Crippen LogP contribution in [-0.2, 0) is 20.2 Å². The number of halogens is 1. The van der Waals surface area contributed by atoms with E-state index in [1.807, 2.05) is 0 Å². The predicted octanol–water partition coefficient (Wildman–Crippen LogP) is 1.75. The maximum absolute atomic E-state index is 14.6. The molecule has 1 aromatic rings. The molecular weight excluding hydrogens is 311 g/mol. The molecule has 0 aliphatic rings. The zero-order valence-electron chi connectivity index (χ0n) is 11.1. The van der Waals surface area contributed by atoms with E-state index in [-0.39, 0.29) is 5.75 Å². The van der Waals surface area contributed by atoms with Gasteiger partial charge in [-0.05, 0) is 32.9 Å². The summed E-state index contributed by atoms with van der Waals surface area (Å²) in [7, 11) is -9.93. The van der Waals surface area contributed by atoms with Gasteiger partial charge in [-0.25, -0.2) is 4.39 Å². The highest BCUT2D eigenvalue weighted by Crippen LogP contribution is 2.38. The summed E-state index contributed by atoms with van der Waals surface area (Å²) in [5, 5.41) is -3.36. The van der Waals surface area contributed by atoms with Gasteiger partial charge in [-0.3, -0.25) is 4.55 Å². The van der Waals surface area contributed by atoms with Crippen LogP contribution < -0.4 is 4.18 Å². The van der Waals surface area contributed by atoms with Crippen LogP contribution in [-0.4, -0.2) is 31.1 Å². The molecule has 0 fully saturated rings. The van der Waals surface area contributed by atoms with Crippen molar-refractivity contribution in [1.82, 2.24) is 0 Å². The van der Waals surface area contributed by atoms with E-state index in [4.69, 9.17) is 4.55 Å². The van der Waals surface area contributed by atoms with E-state index in [2.05, 4.69) is 4.18 Å². The highest BCUT2D eigenvalue weighted by atomic mass is 32.2. The van der Waals surface area contributed by atoms with E-state index in [1.165, 1.54) is 24.3 Å². The van der Waals surface area contributed by atoms with Crippen molar-refractivity contribution < 1.29 is 30.0 Å². The minimum Gasteiger partial charge on any atom is -0.380 e. The number of para-hydroxylation sites is 1. The SMILES string of the molecule is CC(C)(C(C)(F)S(=O)(=O)Oc1ccccc1)S(=O)(=O)O. The van der Waals surface area contributed by atoms with Crippen LogP contribution in [0.15, 0.2) is 30.3 Å². The minimum atomic E-state index is -4.97. The van der Waals surface area contributed by atoms with Gasteiger partial charge in [0, 0.05) is 0 Å². The molecule has 0 aliphatic heterocycles.